The van der Waals surface area contributed by atoms with E-state index in [1.54, 1.807) is 0 Å². The Morgan fingerprint density at radius 3 is 2.55 bits per heavy atom. The first kappa shape index (κ1) is 23.5. The largest absolute Gasteiger partial charge is 0.354 e. The molecule has 2 aliphatic heterocycles. The maximum absolute atomic E-state index is 12.7. The summed E-state index contributed by atoms with van der Waals surface area (Å²) in [5, 5.41) is 10.6. The van der Waals surface area contributed by atoms with E-state index in [4.69, 9.17) is 9.97 Å². The van der Waals surface area contributed by atoms with Crippen molar-refractivity contribution in [2.24, 2.45) is 11.3 Å². The van der Waals surface area contributed by atoms with Gasteiger partial charge in [-0.25, -0.2) is 9.97 Å². The van der Waals surface area contributed by atoms with E-state index in [9.17, 15) is 4.79 Å². The van der Waals surface area contributed by atoms with Gasteiger partial charge in [0.25, 0.3) is 0 Å². The molecule has 9 heteroatoms. The van der Waals surface area contributed by atoms with E-state index in [0.717, 1.165) is 81.1 Å². The number of piperazine rings is 1. The zero-order chi connectivity index (χ0) is 23.6. The highest BCUT2D eigenvalue weighted by atomic mass is 16.2. The highest BCUT2D eigenvalue weighted by Gasteiger charge is 2.29. The molecule has 1 amide bonds. The number of nitrogens with zero attached hydrogens (tertiary/aromatic N) is 6. The van der Waals surface area contributed by atoms with Crippen LogP contribution in [0.1, 0.15) is 45.1 Å². The summed E-state index contributed by atoms with van der Waals surface area (Å²) >= 11 is 0. The maximum atomic E-state index is 12.7. The number of anilines is 3. The molecule has 0 aliphatic carbocycles. The minimum Gasteiger partial charge on any atom is -0.354 e. The van der Waals surface area contributed by atoms with E-state index in [2.05, 4.69) is 53.1 Å². The van der Waals surface area contributed by atoms with E-state index in [0.29, 0.717) is 12.3 Å². The average Bonchev–Trinajstić information content (AvgIpc) is 3.36. The number of aromatic amines is 1. The minimum atomic E-state index is 0.0142. The van der Waals surface area contributed by atoms with E-state index in [-0.39, 0.29) is 11.3 Å². The quantitative estimate of drug-likeness (QED) is 0.693. The lowest BCUT2D eigenvalue weighted by Gasteiger charge is -2.33. The van der Waals surface area contributed by atoms with Crippen molar-refractivity contribution in [2.75, 3.05) is 56.5 Å². The second kappa shape index (κ2) is 9.67. The number of hydrogen-bond acceptors (Lipinski definition) is 7. The summed E-state index contributed by atoms with van der Waals surface area (Å²) in [5.41, 5.74) is 1.01. The minimum absolute atomic E-state index is 0.0142. The van der Waals surface area contributed by atoms with Crippen molar-refractivity contribution < 1.29 is 4.79 Å². The molecule has 9 nitrogen and oxygen atoms in total. The zero-order valence-corrected chi connectivity index (χ0v) is 20.7. The molecule has 1 atom stereocenters. The third kappa shape index (κ3) is 6.43. The number of hydrogen-bond donors (Lipinski definition) is 2. The van der Waals surface area contributed by atoms with Crippen LogP contribution in [0.2, 0.25) is 0 Å². The van der Waals surface area contributed by atoms with Crippen molar-refractivity contribution in [1.29, 1.82) is 0 Å². The van der Waals surface area contributed by atoms with Crippen LogP contribution in [0.3, 0.4) is 0 Å². The molecule has 0 spiro atoms. The number of carbonyl (C=O) groups excluding carboxylic acids is 1. The number of nitrogens with one attached hydrogen (secondary N) is 2. The number of likely N-dealkylation sites (N-methyl/N-ethyl adjacent to an activating group) is 1. The lowest BCUT2D eigenvalue weighted by molar-refractivity contribution is -0.132. The van der Waals surface area contributed by atoms with Gasteiger partial charge in [0.15, 0.2) is 5.82 Å². The van der Waals surface area contributed by atoms with Crippen molar-refractivity contribution in [1.82, 2.24) is 30.0 Å². The normalized spacial score (nSPS) is 19.8. The van der Waals surface area contributed by atoms with Crippen molar-refractivity contribution in [2.45, 2.75) is 47.0 Å². The predicted octanol–water partition coefficient (Wildman–Crippen LogP) is 2.83. The van der Waals surface area contributed by atoms with Crippen molar-refractivity contribution >= 4 is 23.4 Å². The Hall–Kier alpha value is -2.68. The second-order valence-electron chi connectivity index (χ2n) is 10.8. The van der Waals surface area contributed by atoms with E-state index in [1.807, 2.05) is 24.0 Å². The summed E-state index contributed by atoms with van der Waals surface area (Å²) in [5.74, 6) is 3.95. The number of aromatic nitrogens is 4. The molecular weight excluding hydrogens is 416 g/mol. The van der Waals surface area contributed by atoms with Crippen LogP contribution in [0.4, 0.5) is 17.5 Å². The van der Waals surface area contributed by atoms with E-state index < -0.39 is 0 Å². The molecule has 33 heavy (non-hydrogen) atoms. The van der Waals surface area contributed by atoms with Gasteiger partial charge in [0.05, 0.1) is 0 Å². The Labute approximate surface area is 197 Å². The number of H-pyrrole nitrogens is 1. The third-order valence-electron chi connectivity index (χ3n) is 6.34. The molecule has 2 aromatic heterocycles. The summed E-state index contributed by atoms with van der Waals surface area (Å²) in [6, 6.07) is 3.99. The second-order valence-corrected chi connectivity index (χ2v) is 10.8. The lowest BCUT2D eigenvalue weighted by Crippen LogP contribution is -2.45. The maximum Gasteiger partial charge on any atom is 0.223 e. The fourth-order valence-electron chi connectivity index (χ4n) is 4.50. The first-order valence-electron chi connectivity index (χ1n) is 12.0. The first-order chi connectivity index (χ1) is 15.6. The van der Waals surface area contributed by atoms with Gasteiger partial charge in [-0.05, 0) is 31.7 Å². The molecule has 2 aromatic rings. The van der Waals surface area contributed by atoms with Gasteiger partial charge >= 0.3 is 0 Å². The Kier molecular flexibility index (Phi) is 6.88. The van der Waals surface area contributed by atoms with Crippen molar-refractivity contribution in [3.8, 4) is 0 Å². The van der Waals surface area contributed by atoms with Crippen LogP contribution < -0.4 is 10.2 Å². The molecule has 0 saturated carbocycles. The van der Waals surface area contributed by atoms with Crippen LogP contribution in [0.15, 0.2) is 12.1 Å². The topological polar surface area (TPSA) is 93.3 Å². The Balaban J connectivity index is 1.48. The molecular formula is C24H38N8O. The summed E-state index contributed by atoms with van der Waals surface area (Å²) in [4.78, 5) is 29.1. The SMILES string of the molecule is Cc1cc(Nc2cc(N3CCN(C)CC3)nc(C[C@@H]3CCN(C(=O)CC(C)(C)C)C3)n2)n[nH]1. The summed E-state index contributed by atoms with van der Waals surface area (Å²) < 4.78 is 0. The zero-order valence-electron chi connectivity index (χ0n) is 20.7. The highest BCUT2D eigenvalue weighted by Crippen LogP contribution is 2.27. The van der Waals surface area contributed by atoms with Gasteiger partial charge in [-0.2, -0.15) is 5.10 Å². The monoisotopic (exact) mass is 454 g/mol. The average molecular weight is 455 g/mol. The fraction of sp³-hybridized carbons (Fsp3) is 0.667. The van der Waals surface area contributed by atoms with Gasteiger partial charge in [-0.1, -0.05) is 20.8 Å². The summed E-state index contributed by atoms with van der Waals surface area (Å²) in [6.07, 6.45) is 2.36. The van der Waals surface area contributed by atoms with Crippen molar-refractivity contribution in [3.05, 3.63) is 23.7 Å². The van der Waals surface area contributed by atoms with Gasteiger partial charge in [0.1, 0.15) is 17.5 Å². The molecule has 180 valence electrons. The molecule has 0 aromatic carbocycles. The number of rotatable bonds is 6. The molecule has 2 fully saturated rings. The van der Waals surface area contributed by atoms with Crippen LogP contribution >= 0.6 is 0 Å². The number of carbonyl (C=O) groups is 1. The van der Waals surface area contributed by atoms with Gasteiger partial charge in [0.2, 0.25) is 5.91 Å². The van der Waals surface area contributed by atoms with E-state index in [1.165, 1.54) is 0 Å². The summed E-state index contributed by atoms with van der Waals surface area (Å²) in [6.45, 7) is 13.9. The number of amides is 1. The standard InChI is InChI=1S/C24H38N8O/c1-17-12-21(29-28-17)26-20-14-22(31-10-8-30(5)9-11-31)27-19(25-20)13-18-6-7-32(16-18)23(33)15-24(2,3)4/h12,14,18H,6-11,13,15-16H2,1-5H3,(H2,25,26,27,28,29)/t18-/m0/s1. The molecule has 2 aliphatic rings. The van der Waals surface area contributed by atoms with Gasteiger partial charge in [-0.15, -0.1) is 0 Å². The smallest absolute Gasteiger partial charge is 0.223 e. The molecule has 0 unspecified atom stereocenters. The summed E-state index contributed by atoms with van der Waals surface area (Å²) in [7, 11) is 2.16. The van der Waals surface area contributed by atoms with Gasteiger partial charge in [0, 0.05) is 69.9 Å². The number of likely N-dealkylation sites (tertiary alicyclic amines) is 1. The van der Waals surface area contributed by atoms with Crippen LogP contribution in [0, 0.1) is 18.3 Å². The number of aryl methyl sites for hydroxylation is 1. The third-order valence-corrected chi connectivity index (χ3v) is 6.34. The fourth-order valence-corrected chi connectivity index (χ4v) is 4.50. The Morgan fingerprint density at radius 2 is 1.88 bits per heavy atom. The molecule has 0 bridgehead atoms. The van der Waals surface area contributed by atoms with Crippen LogP contribution in [0.5, 0.6) is 0 Å². The molecule has 0 radical (unpaired) electrons. The van der Waals surface area contributed by atoms with E-state index >= 15 is 0 Å². The lowest BCUT2D eigenvalue weighted by atomic mass is 9.91. The van der Waals surface area contributed by atoms with Crippen LogP contribution in [-0.4, -0.2) is 82.2 Å². The van der Waals surface area contributed by atoms with Crippen molar-refractivity contribution in [3.63, 3.8) is 0 Å². The predicted molar refractivity (Wildman–Crippen MR) is 131 cm³/mol. The van der Waals surface area contributed by atoms with Crippen LogP contribution in [0.25, 0.3) is 0 Å². The van der Waals surface area contributed by atoms with Gasteiger partial charge < -0.3 is 20.0 Å². The highest BCUT2D eigenvalue weighted by molar-refractivity contribution is 5.77. The molecule has 4 rings (SSSR count). The Bertz CT molecular complexity index is 958. The first-order valence-corrected chi connectivity index (χ1v) is 12.0. The molecule has 4 heterocycles. The molecule has 2 saturated heterocycles. The molecule has 2 N–H and O–H groups in total. The van der Waals surface area contributed by atoms with Gasteiger partial charge in [-0.3, -0.25) is 9.89 Å². The Morgan fingerprint density at radius 1 is 1.12 bits per heavy atom. The van der Waals surface area contributed by atoms with Crippen LogP contribution in [-0.2, 0) is 11.2 Å².